The third-order valence-electron chi connectivity index (χ3n) is 6.70. The maximum atomic E-state index is 14.3. The molecule has 218 valence electrons. The molecule has 0 aliphatic rings. The molecule has 0 unspecified atom stereocenters. The SMILES string of the molecule is Cc1ccc(NC(=O)Nc2cc(-c3cc(F)ccc3C(=O)O)ccc2N(CCC(C)(C)O)Cc2ccc(Cl)cc2)cc1. The zero-order valence-corrected chi connectivity index (χ0v) is 24.4. The van der Waals surface area contributed by atoms with Gasteiger partial charge in [-0.15, -0.1) is 0 Å². The highest BCUT2D eigenvalue weighted by atomic mass is 35.5. The van der Waals surface area contributed by atoms with E-state index in [1.54, 1.807) is 56.3 Å². The molecule has 9 heteroatoms. The summed E-state index contributed by atoms with van der Waals surface area (Å²) in [6, 6.07) is 22.8. The van der Waals surface area contributed by atoms with Gasteiger partial charge < -0.3 is 25.7 Å². The van der Waals surface area contributed by atoms with Crippen LogP contribution in [0, 0.1) is 12.7 Å². The molecule has 2 amide bonds. The van der Waals surface area contributed by atoms with E-state index in [1.807, 2.05) is 36.1 Å². The number of nitrogens with zero attached hydrogens (tertiary/aromatic N) is 1. The number of halogens is 2. The van der Waals surface area contributed by atoms with Gasteiger partial charge >= 0.3 is 12.0 Å². The van der Waals surface area contributed by atoms with Crippen LogP contribution in [0.2, 0.25) is 5.02 Å². The summed E-state index contributed by atoms with van der Waals surface area (Å²) in [5.41, 5.74) is 3.16. The number of urea groups is 1. The van der Waals surface area contributed by atoms with Gasteiger partial charge in [-0.2, -0.15) is 0 Å². The summed E-state index contributed by atoms with van der Waals surface area (Å²) in [4.78, 5) is 27.1. The Kier molecular flexibility index (Phi) is 9.50. The molecule has 4 aromatic carbocycles. The van der Waals surface area contributed by atoms with Gasteiger partial charge in [0.05, 0.1) is 22.5 Å². The molecule has 0 bridgehead atoms. The lowest BCUT2D eigenvalue weighted by atomic mass is 9.98. The first-order valence-electron chi connectivity index (χ1n) is 13.4. The van der Waals surface area contributed by atoms with Crippen molar-refractivity contribution in [3.8, 4) is 11.1 Å². The Bertz CT molecular complexity index is 1570. The first-order chi connectivity index (χ1) is 19.9. The van der Waals surface area contributed by atoms with Crippen LogP contribution in [-0.4, -0.2) is 34.4 Å². The van der Waals surface area contributed by atoms with Gasteiger partial charge in [-0.3, -0.25) is 0 Å². The van der Waals surface area contributed by atoms with Crippen LogP contribution in [0.4, 0.5) is 26.2 Å². The minimum atomic E-state index is -1.20. The number of anilines is 3. The molecule has 7 nitrogen and oxygen atoms in total. The van der Waals surface area contributed by atoms with E-state index in [4.69, 9.17) is 11.6 Å². The molecule has 0 saturated heterocycles. The number of rotatable bonds is 10. The maximum Gasteiger partial charge on any atom is 0.336 e. The van der Waals surface area contributed by atoms with Crippen LogP contribution < -0.4 is 15.5 Å². The fourth-order valence-corrected chi connectivity index (χ4v) is 4.57. The summed E-state index contributed by atoms with van der Waals surface area (Å²) in [5.74, 6) is -1.78. The number of nitrogens with one attached hydrogen (secondary N) is 2. The quantitative estimate of drug-likeness (QED) is 0.150. The van der Waals surface area contributed by atoms with E-state index in [2.05, 4.69) is 10.6 Å². The number of hydrogen-bond donors (Lipinski definition) is 4. The van der Waals surface area contributed by atoms with Crippen LogP contribution in [0.3, 0.4) is 0 Å². The van der Waals surface area contributed by atoms with Gasteiger partial charge in [0, 0.05) is 23.8 Å². The van der Waals surface area contributed by atoms with Crippen molar-refractivity contribution in [2.24, 2.45) is 0 Å². The van der Waals surface area contributed by atoms with Gasteiger partial charge in [0.15, 0.2) is 0 Å². The smallest absolute Gasteiger partial charge is 0.336 e. The van der Waals surface area contributed by atoms with Crippen molar-refractivity contribution in [1.82, 2.24) is 0 Å². The lowest BCUT2D eigenvalue weighted by Gasteiger charge is -2.30. The summed E-state index contributed by atoms with van der Waals surface area (Å²) >= 11 is 6.10. The molecule has 0 atom stereocenters. The van der Waals surface area contributed by atoms with Crippen LogP contribution in [0.25, 0.3) is 11.1 Å². The molecule has 0 aromatic heterocycles. The molecule has 0 aliphatic carbocycles. The Hall–Kier alpha value is -4.40. The topological polar surface area (TPSA) is 102 Å². The van der Waals surface area contributed by atoms with E-state index in [0.29, 0.717) is 47.2 Å². The van der Waals surface area contributed by atoms with Crippen molar-refractivity contribution in [3.05, 3.63) is 112 Å². The van der Waals surface area contributed by atoms with Crippen LogP contribution >= 0.6 is 11.6 Å². The van der Waals surface area contributed by atoms with Gasteiger partial charge in [-0.1, -0.05) is 47.5 Å². The number of carbonyl (C=O) groups excluding carboxylic acids is 1. The summed E-state index contributed by atoms with van der Waals surface area (Å²) in [7, 11) is 0. The summed E-state index contributed by atoms with van der Waals surface area (Å²) in [5, 5.41) is 26.6. The van der Waals surface area contributed by atoms with E-state index < -0.39 is 23.4 Å². The van der Waals surface area contributed by atoms with Crippen molar-refractivity contribution in [2.45, 2.75) is 39.3 Å². The van der Waals surface area contributed by atoms with E-state index in [-0.39, 0.29) is 11.1 Å². The molecule has 0 heterocycles. The Morgan fingerprint density at radius 1 is 0.929 bits per heavy atom. The van der Waals surface area contributed by atoms with Crippen LogP contribution in [-0.2, 0) is 6.54 Å². The second-order valence-electron chi connectivity index (χ2n) is 10.8. The predicted molar refractivity (Wildman–Crippen MR) is 166 cm³/mol. The molecule has 0 spiro atoms. The third kappa shape index (κ3) is 8.31. The Morgan fingerprint density at radius 3 is 2.26 bits per heavy atom. The Balaban J connectivity index is 1.78. The van der Waals surface area contributed by atoms with Crippen molar-refractivity contribution in [1.29, 1.82) is 0 Å². The summed E-state index contributed by atoms with van der Waals surface area (Å²) in [6.45, 7) is 6.26. The van der Waals surface area contributed by atoms with Gasteiger partial charge in [-0.25, -0.2) is 14.0 Å². The second-order valence-corrected chi connectivity index (χ2v) is 11.2. The number of hydrogen-bond acceptors (Lipinski definition) is 4. The van der Waals surface area contributed by atoms with Gasteiger partial charge in [-0.05, 0) is 98.5 Å². The number of aliphatic hydroxyl groups is 1. The highest BCUT2D eigenvalue weighted by Crippen LogP contribution is 2.35. The number of aromatic carboxylic acids is 1. The average molecular weight is 590 g/mol. The van der Waals surface area contributed by atoms with Gasteiger partial charge in [0.25, 0.3) is 0 Å². The van der Waals surface area contributed by atoms with E-state index in [9.17, 15) is 24.2 Å². The molecule has 0 fully saturated rings. The first-order valence-corrected chi connectivity index (χ1v) is 13.8. The molecular formula is C33H33ClFN3O4. The largest absolute Gasteiger partial charge is 0.478 e. The van der Waals surface area contributed by atoms with Crippen LogP contribution in [0.1, 0.15) is 41.8 Å². The lowest BCUT2D eigenvalue weighted by Crippen LogP contribution is -2.31. The fraction of sp³-hybridized carbons (Fsp3) is 0.212. The van der Waals surface area contributed by atoms with Crippen molar-refractivity contribution < 1.29 is 24.2 Å². The number of aryl methyl sites for hydroxylation is 1. The van der Waals surface area contributed by atoms with Crippen molar-refractivity contribution in [3.63, 3.8) is 0 Å². The van der Waals surface area contributed by atoms with Crippen molar-refractivity contribution in [2.75, 3.05) is 22.1 Å². The zero-order chi connectivity index (χ0) is 30.4. The normalized spacial score (nSPS) is 11.2. The fourth-order valence-electron chi connectivity index (χ4n) is 4.45. The molecule has 4 rings (SSSR count). The molecule has 0 radical (unpaired) electrons. The summed E-state index contributed by atoms with van der Waals surface area (Å²) in [6.07, 6.45) is 0.421. The standard InChI is InChI=1S/C33H33ClFN3O4/c1-21-4-12-26(13-5-21)36-32(41)37-29-18-23(28-19-25(35)11-14-27(28)31(39)40)8-15-30(29)38(17-16-33(2,3)42)20-22-6-9-24(34)10-7-22/h4-15,18-19,42H,16-17,20H2,1-3H3,(H,39,40)(H2,36,37,41). The monoisotopic (exact) mass is 589 g/mol. The second kappa shape index (κ2) is 13.1. The molecule has 42 heavy (non-hydrogen) atoms. The predicted octanol–water partition coefficient (Wildman–Crippen LogP) is 7.96. The first kappa shape index (κ1) is 30.6. The number of carboxylic acids is 1. The number of carboxylic acid groups (broad SMARTS) is 1. The molecule has 4 aromatic rings. The number of carbonyl (C=O) groups is 2. The molecule has 0 aliphatic heterocycles. The minimum Gasteiger partial charge on any atom is -0.478 e. The molecule has 0 saturated carbocycles. The Labute approximate surface area is 249 Å². The minimum absolute atomic E-state index is 0.0701. The van der Waals surface area contributed by atoms with E-state index in [1.165, 1.54) is 6.07 Å². The highest BCUT2D eigenvalue weighted by Gasteiger charge is 2.21. The third-order valence-corrected chi connectivity index (χ3v) is 6.95. The van der Waals surface area contributed by atoms with Crippen LogP contribution in [0.15, 0.2) is 84.9 Å². The average Bonchev–Trinajstić information content (AvgIpc) is 2.93. The molecular weight excluding hydrogens is 557 g/mol. The zero-order valence-electron chi connectivity index (χ0n) is 23.6. The van der Waals surface area contributed by atoms with Gasteiger partial charge in [0.1, 0.15) is 5.82 Å². The van der Waals surface area contributed by atoms with E-state index in [0.717, 1.165) is 23.3 Å². The van der Waals surface area contributed by atoms with Gasteiger partial charge in [0.2, 0.25) is 0 Å². The molecule has 4 N–H and O–H groups in total. The van der Waals surface area contributed by atoms with Crippen molar-refractivity contribution >= 4 is 40.7 Å². The maximum absolute atomic E-state index is 14.3. The number of amides is 2. The van der Waals surface area contributed by atoms with E-state index >= 15 is 0 Å². The lowest BCUT2D eigenvalue weighted by molar-refractivity contribution is 0.0695. The summed E-state index contributed by atoms with van der Waals surface area (Å²) < 4.78 is 14.3. The van der Waals surface area contributed by atoms with Crippen LogP contribution in [0.5, 0.6) is 0 Å². The highest BCUT2D eigenvalue weighted by molar-refractivity contribution is 6.30. The number of benzene rings is 4. The Morgan fingerprint density at radius 2 is 1.62 bits per heavy atom.